The molecular formula is C21H24ClN3O2S. The number of carbonyl (C=O) groups is 2. The summed E-state index contributed by atoms with van der Waals surface area (Å²) in [5.74, 6) is 1.01. The van der Waals surface area contributed by atoms with E-state index in [-0.39, 0.29) is 11.9 Å². The minimum Gasteiger partial charge on any atom is -0.338 e. The van der Waals surface area contributed by atoms with E-state index in [1.165, 1.54) is 0 Å². The summed E-state index contributed by atoms with van der Waals surface area (Å²) in [6, 6.07) is 15.5. The van der Waals surface area contributed by atoms with E-state index in [1.807, 2.05) is 53.4 Å². The fourth-order valence-electron chi connectivity index (χ4n) is 3.04. The van der Waals surface area contributed by atoms with Crippen molar-refractivity contribution >= 4 is 35.3 Å². The number of benzene rings is 2. The van der Waals surface area contributed by atoms with E-state index >= 15 is 0 Å². The van der Waals surface area contributed by atoms with Gasteiger partial charge in [-0.25, -0.2) is 4.79 Å². The van der Waals surface area contributed by atoms with Crippen LogP contribution < -0.4 is 10.6 Å². The number of hydrogen-bond acceptors (Lipinski definition) is 3. The van der Waals surface area contributed by atoms with E-state index in [4.69, 9.17) is 11.6 Å². The molecule has 0 bridgehead atoms. The van der Waals surface area contributed by atoms with Crippen LogP contribution in [0.3, 0.4) is 0 Å². The lowest BCUT2D eigenvalue weighted by Gasteiger charge is -2.16. The normalized spacial score (nSPS) is 13.6. The maximum absolute atomic E-state index is 12.0. The molecular weight excluding hydrogens is 394 g/mol. The third-order valence-electron chi connectivity index (χ3n) is 4.46. The molecule has 0 atom stereocenters. The summed E-state index contributed by atoms with van der Waals surface area (Å²) < 4.78 is 0. The van der Waals surface area contributed by atoms with E-state index in [0.29, 0.717) is 26.1 Å². The van der Waals surface area contributed by atoms with Crippen molar-refractivity contribution in [1.82, 2.24) is 15.5 Å². The zero-order valence-electron chi connectivity index (χ0n) is 15.6. The molecule has 1 aliphatic heterocycles. The predicted molar refractivity (Wildman–Crippen MR) is 114 cm³/mol. The van der Waals surface area contributed by atoms with Crippen LogP contribution in [-0.2, 0) is 17.9 Å². The van der Waals surface area contributed by atoms with Gasteiger partial charge in [0, 0.05) is 48.3 Å². The van der Waals surface area contributed by atoms with Crippen LogP contribution >= 0.6 is 23.4 Å². The summed E-state index contributed by atoms with van der Waals surface area (Å²) in [5, 5.41) is 6.46. The van der Waals surface area contributed by atoms with Crippen molar-refractivity contribution in [2.45, 2.75) is 30.8 Å². The van der Waals surface area contributed by atoms with Gasteiger partial charge in [-0.3, -0.25) is 4.79 Å². The largest absolute Gasteiger partial charge is 0.338 e. The van der Waals surface area contributed by atoms with E-state index in [0.717, 1.165) is 39.8 Å². The molecule has 3 rings (SSSR count). The Kier molecular flexibility index (Phi) is 7.62. The number of carbonyl (C=O) groups excluding carboxylic acids is 2. The molecule has 28 heavy (non-hydrogen) atoms. The molecule has 0 radical (unpaired) electrons. The first-order chi connectivity index (χ1) is 13.6. The van der Waals surface area contributed by atoms with Crippen molar-refractivity contribution in [1.29, 1.82) is 0 Å². The minimum absolute atomic E-state index is 0.183. The molecule has 148 valence electrons. The second-order valence-corrected chi connectivity index (χ2v) is 8.26. The Bertz CT molecular complexity index is 814. The van der Waals surface area contributed by atoms with Crippen LogP contribution in [-0.4, -0.2) is 35.7 Å². The average Bonchev–Trinajstić information content (AvgIpc) is 3.10. The van der Waals surface area contributed by atoms with Crippen molar-refractivity contribution in [3.8, 4) is 0 Å². The first-order valence-corrected chi connectivity index (χ1v) is 10.7. The van der Waals surface area contributed by atoms with Gasteiger partial charge in [-0.15, -0.1) is 11.8 Å². The Labute approximate surface area is 174 Å². The van der Waals surface area contributed by atoms with Gasteiger partial charge in [0.25, 0.3) is 0 Å². The van der Waals surface area contributed by atoms with Crippen molar-refractivity contribution in [2.24, 2.45) is 0 Å². The second-order valence-electron chi connectivity index (χ2n) is 6.65. The van der Waals surface area contributed by atoms with Crippen LogP contribution in [0.5, 0.6) is 0 Å². The summed E-state index contributed by atoms with van der Waals surface area (Å²) in [6.45, 7) is 2.51. The van der Waals surface area contributed by atoms with Gasteiger partial charge in [0.05, 0.1) is 0 Å². The highest BCUT2D eigenvalue weighted by Gasteiger charge is 2.19. The maximum atomic E-state index is 12.0. The number of rotatable bonds is 8. The van der Waals surface area contributed by atoms with Crippen LogP contribution in [0.15, 0.2) is 53.4 Å². The van der Waals surface area contributed by atoms with E-state index in [9.17, 15) is 9.59 Å². The molecule has 7 heteroatoms. The zero-order chi connectivity index (χ0) is 19.8. The number of amides is 3. The molecule has 1 heterocycles. The molecule has 0 aromatic heterocycles. The van der Waals surface area contributed by atoms with Gasteiger partial charge in [-0.2, -0.15) is 0 Å². The molecule has 3 amide bonds. The Hall–Kier alpha value is -2.18. The molecule has 0 spiro atoms. The summed E-state index contributed by atoms with van der Waals surface area (Å²) in [5.41, 5.74) is 2.11. The lowest BCUT2D eigenvalue weighted by Crippen LogP contribution is -2.36. The standard InChI is InChI=1S/C21H24ClN3O2S/c22-18-6-8-19(9-7-18)28-12-10-23-21(27)24-14-16-3-1-4-17(13-16)15-25-11-2-5-20(25)26/h1,3-4,6-9,13H,2,5,10-12,14-15H2,(H2,23,24,27). The van der Waals surface area contributed by atoms with E-state index in [1.54, 1.807) is 11.8 Å². The summed E-state index contributed by atoms with van der Waals surface area (Å²) in [7, 11) is 0. The van der Waals surface area contributed by atoms with Gasteiger partial charge in [0.2, 0.25) is 5.91 Å². The number of urea groups is 1. The first kappa shape index (κ1) is 20.6. The Morgan fingerprint density at radius 1 is 1.11 bits per heavy atom. The van der Waals surface area contributed by atoms with Gasteiger partial charge in [-0.1, -0.05) is 35.9 Å². The maximum Gasteiger partial charge on any atom is 0.315 e. The van der Waals surface area contributed by atoms with Crippen LogP contribution in [0.1, 0.15) is 24.0 Å². The molecule has 0 saturated carbocycles. The number of likely N-dealkylation sites (tertiary alicyclic amines) is 1. The lowest BCUT2D eigenvalue weighted by molar-refractivity contribution is -0.128. The number of nitrogens with one attached hydrogen (secondary N) is 2. The average molecular weight is 418 g/mol. The lowest BCUT2D eigenvalue weighted by atomic mass is 10.1. The molecule has 2 aromatic carbocycles. The fraction of sp³-hybridized carbons (Fsp3) is 0.333. The molecule has 2 N–H and O–H groups in total. The third-order valence-corrected chi connectivity index (χ3v) is 5.72. The quantitative estimate of drug-likeness (QED) is 0.503. The van der Waals surface area contributed by atoms with Crippen molar-refractivity contribution in [3.63, 3.8) is 0 Å². The van der Waals surface area contributed by atoms with Crippen LogP contribution in [0.25, 0.3) is 0 Å². The molecule has 1 aliphatic rings. The molecule has 2 aromatic rings. The molecule has 0 aliphatic carbocycles. The van der Waals surface area contributed by atoms with Crippen molar-refractivity contribution in [2.75, 3.05) is 18.8 Å². The Morgan fingerprint density at radius 2 is 1.89 bits per heavy atom. The van der Waals surface area contributed by atoms with E-state index < -0.39 is 0 Å². The van der Waals surface area contributed by atoms with Crippen molar-refractivity contribution < 1.29 is 9.59 Å². The highest BCUT2D eigenvalue weighted by molar-refractivity contribution is 7.99. The Balaban J connectivity index is 1.36. The highest BCUT2D eigenvalue weighted by atomic mass is 35.5. The topological polar surface area (TPSA) is 61.4 Å². The number of thioether (sulfide) groups is 1. The van der Waals surface area contributed by atoms with Gasteiger partial charge >= 0.3 is 6.03 Å². The summed E-state index contributed by atoms with van der Waals surface area (Å²) in [4.78, 5) is 26.8. The minimum atomic E-state index is -0.183. The Morgan fingerprint density at radius 3 is 2.64 bits per heavy atom. The van der Waals surface area contributed by atoms with Gasteiger partial charge in [-0.05, 0) is 41.8 Å². The smallest absolute Gasteiger partial charge is 0.315 e. The van der Waals surface area contributed by atoms with Crippen molar-refractivity contribution in [3.05, 3.63) is 64.7 Å². The first-order valence-electron chi connectivity index (χ1n) is 9.36. The van der Waals surface area contributed by atoms with Gasteiger partial charge < -0.3 is 15.5 Å². The monoisotopic (exact) mass is 417 g/mol. The number of halogens is 1. The van der Waals surface area contributed by atoms with E-state index in [2.05, 4.69) is 10.6 Å². The number of nitrogens with zero attached hydrogens (tertiary/aromatic N) is 1. The highest BCUT2D eigenvalue weighted by Crippen LogP contribution is 2.19. The fourth-order valence-corrected chi connectivity index (χ4v) is 3.93. The van der Waals surface area contributed by atoms with Crippen LogP contribution in [0.4, 0.5) is 4.79 Å². The molecule has 1 fully saturated rings. The van der Waals surface area contributed by atoms with Gasteiger partial charge in [0.1, 0.15) is 0 Å². The third kappa shape index (κ3) is 6.46. The predicted octanol–water partition coefficient (Wildman–Crippen LogP) is 4.05. The molecule has 1 saturated heterocycles. The van der Waals surface area contributed by atoms with Crippen LogP contribution in [0.2, 0.25) is 5.02 Å². The second kappa shape index (κ2) is 10.4. The summed E-state index contributed by atoms with van der Waals surface area (Å²) >= 11 is 7.54. The van der Waals surface area contributed by atoms with Gasteiger partial charge in [0.15, 0.2) is 0 Å². The SMILES string of the molecule is O=C(NCCSc1ccc(Cl)cc1)NCc1cccc(CN2CCCC2=O)c1. The van der Waals surface area contributed by atoms with Crippen LogP contribution in [0, 0.1) is 0 Å². The molecule has 0 unspecified atom stereocenters. The zero-order valence-corrected chi connectivity index (χ0v) is 17.2. The number of hydrogen-bond donors (Lipinski definition) is 2. The summed E-state index contributed by atoms with van der Waals surface area (Å²) in [6.07, 6.45) is 1.59. The molecule has 5 nitrogen and oxygen atoms in total.